The highest BCUT2D eigenvalue weighted by atomic mass is 19.4. The first-order valence-electron chi connectivity index (χ1n) is 18.7. The molecule has 0 atom stereocenters. The van der Waals surface area contributed by atoms with Gasteiger partial charge in [0, 0.05) is 87.1 Å². The average Bonchev–Trinajstić information content (AvgIpc) is 3.05. The summed E-state index contributed by atoms with van der Waals surface area (Å²) >= 11 is 0. The molecule has 5 heterocycles. The van der Waals surface area contributed by atoms with Crippen molar-refractivity contribution in [2.75, 3.05) is 50.7 Å². The lowest BCUT2D eigenvalue weighted by Gasteiger charge is -2.59. The number of likely N-dealkylation sites (tertiary alicyclic amines) is 1. The van der Waals surface area contributed by atoms with Crippen molar-refractivity contribution in [2.45, 2.75) is 84.3 Å². The van der Waals surface area contributed by atoms with E-state index in [4.69, 9.17) is 14.2 Å². The molecule has 3 aliphatic heterocycles. The van der Waals surface area contributed by atoms with E-state index in [9.17, 15) is 27.2 Å². The number of hydrogen-bond acceptors (Lipinski definition) is 10. The van der Waals surface area contributed by atoms with Crippen LogP contribution in [0.3, 0.4) is 0 Å². The zero-order valence-electron chi connectivity index (χ0n) is 31.7. The van der Waals surface area contributed by atoms with Crippen LogP contribution in [0.2, 0.25) is 0 Å². The molecule has 16 heteroatoms. The van der Waals surface area contributed by atoms with Gasteiger partial charge in [-0.25, -0.2) is 19.2 Å². The van der Waals surface area contributed by atoms with Gasteiger partial charge in [-0.15, -0.1) is 0 Å². The topological polar surface area (TPSA) is 113 Å². The molecule has 296 valence electrons. The predicted octanol–water partition coefficient (Wildman–Crippen LogP) is 6.49. The first-order valence-corrected chi connectivity index (χ1v) is 18.7. The molecule has 3 fully saturated rings. The second-order valence-electron chi connectivity index (χ2n) is 16.6. The van der Waals surface area contributed by atoms with Crippen LogP contribution in [0.5, 0.6) is 17.2 Å². The molecule has 3 aromatic rings. The minimum atomic E-state index is -4.64. The second kappa shape index (κ2) is 14.7. The van der Waals surface area contributed by atoms with Gasteiger partial charge in [0.25, 0.3) is 5.91 Å². The standard InChI is InChI=1S/C39H47F4N7O5/c1-24(2)50(22-39(41,42)43)35(51)28-12-26(40)6-7-31(28)54-33-15-44-23-46-34(33)49-20-38(21-49)13-27(14-38)53-32-8-10-45-30-9-11-47(19-29(30)32)16-25-17-48(18-25)36(52)55-37(3,4)5/h6-8,10,12,15,23-25,27H,9,11,13-14,16-22H2,1-5H3. The van der Waals surface area contributed by atoms with Crippen LogP contribution in [0.1, 0.15) is 69.1 Å². The first kappa shape index (κ1) is 38.5. The van der Waals surface area contributed by atoms with Crippen molar-refractivity contribution in [2.24, 2.45) is 11.3 Å². The number of fused-ring (bicyclic) bond motifs is 1. The van der Waals surface area contributed by atoms with Crippen molar-refractivity contribution in [1.82, 2.24) is 29.7 Å². The van der Waals surface area contributed by atoms with Gasteiger partial charge in [0.2, 0.25) is 0 Å². The number of amides is 2. The van der Waals surface area contributed by atoms with Gasteiger partial charge in [-0.1, -0.05) is 0 Å². The molecule has 12 nitrogen and oxygen atoms in total. The highest BCUT2D eigenvalue weighted by Crippen LogP contribution is 2.52. The quantitative estimate of drug-likeness (QED) is 0.212. The smallest absolute Gasteiger partial charge is 0.410 e. The third-order valence-electron chi connectivity index (χ3n) is 10.5. The Labute approximate surface area is 317 Å². The average molecular weight is 770 g/mol. The molecule has 0 radical (unpaired) electrons. The number of ether oxygens (including phenoxy) is 3. The van der Waals surface area contributed by atoms with E-state index in [1.54, 1.807) is 11.1 Å². The van der Waals surface area contributed by atoms with Gasteiger partial charge in [0.15, 0.2) is 11.6 Å². The van der Waals surface area contributed by atoms with Gasteiger partial charge in [0.1, 0.15) is 41.9 Å². The summed E-state index contributed by atoms with van der Waals surface area (Å²) in [6, 6.07) is 4.33. The molecule has 1 saturated carbocycles. The molecule has 2 amide bonds. The van der Waals surface area contributed by atoms with Crippen molar-refractivity contribution in [1.29, 1.82) is 0 Å². The Morgan fingerprint density at radius 1 is 1.04 bits per heavy atom. The molecular weight excluding hydrogens is 722 g/mol. The second-order valence-corrected chi connectivity index (χ2v) is 16.6. The minimum Gasteiger partial charge on any atom is -0.490 e. The minimum absolute atomic E-state index is 0.0165. The Hall–Kier alpha value is -4.73. The molecule has 55 heavy (non-hydrogen) atoms. The van der Waals surface area contributed by atoms with Crippen LogP contribution in [0.25, 0.3) is 0 Å². The SMILES string of the molecule is CC(C)N(CC(F)(F)F)C(=O)c1cc(F)ccc1Oc1cncnc1N1CC2(CC(Oc3ccnc4c3CN(CC3CN(C(=O)OC(C)(C)C)C3)CC4)C2)C1. The molecule has 4 aliphatic rings. The number of nitrogens with zero attached hydrogens (tertiary/aromatic N) is 7. The Morgan fingerprint density at radius 2 is 1.78 bits per heavy atom. The largest absolute Gasteiger partial charge is 0.490 e. The fourth-order valence-corrected chi connectivity index (χ4v) is 7.93. The zero-order valence-corrected chi connectivity index (χ0v) is 31.7. The number of rotatable bonds is 10. The summed E-state index contributed by atoms with van der Waals surface area (Å²) in [5, 5.41) is 0. The van der Waals surface area contributed by atoms with Gasteiger partial charge >= 0.3 is 12.3 Å². The van der Waals surface area contributed by atoms with E-state index in [1.165, 1.54) is 32.4 Å². The van der Waals surface area contributed by atoms with Gasteiger partial charge in [0.05, 0.1) is 11.8 Å². The summed E-state index contributed by atoms with van der Waals surface area (Å²) in [5.41, 5.74) is 1.34. The summed E-state index contributed by atoms with van der Waals surface area (Å²) in [7, 11) is 0. The number of halogens is 4. The summed E-state index contributed by atoms with van der Waals surface area (Å²) < 4.78 is 72.5. The number of aromatic nitrogens is 3. The highest BCUT2D eigenvalue weighted by molar-refractivity contribution is 5.97. The van der Waals surface area contributed by atoms with Crippen LogP contribution in [0.15, 0.2) is 43.0 Å². The molecule has 2 aromatic heterocycles. The van der Waals surface area contributed by atoms with Gasteiger partial charge in [-0.3, -0.25) is 14.7 Å². The maximum absolute atomic E-state index is 14.3. The lowest BCUT2D eigenvalue weighted by atomic mass is 9.61. The fraction of sp³-hybridized carbons (Fsp3) is 0.564. The zero-order chi connectivity index (χ0) is 39.3. The Kier molecular flexibility index (Phi) is 10.3. The summed E-state index contributed by atoms with van der Waals surface area (Å²) in [6.07, 6.45) is 2.25. The number of pyridine rings is 1. The first-order chi connectivity index (χ1) is 25.9. The third-order valence-corrected chi connectivity index (χ3v) is 10.5. The molecule has 1 spiro atoms. The van der Waals surface area contributed by atoms with E-state index in [2.05, 4.69) is 19.9 Å². The molecule has 0 unspecified atom stereocenters. The van der Waals surface area contributed by atoms with Gasteiger partial charge in [-0.2, -0.15) is 13.2 Å². The van der Waals surface area contributed by atoms with Crippen molar-refractivity contribution in [3.8, 4) is 17.2 Å². The Morgan fingerprint density at radius 3 is 2.47 bits per heavy atom. The van der Waals surface area contributed by atoms with Crippen LogP contribution in [-0.2, 0) is 17.7 Å². The number of alkyl halides is 3. The van der Waals surface area contributed by atoms with E-state index in [0.29, 0.717) is 42.8 Å². The molecule has 7 rings (SSSR count). The lowest BCUT2D eigenvalue weighted by molar-refractivity contribution is -0.143. The van der Waals surface area contributed by atoms with Crippen molar-refractivity contribution >= 4 is 17.8 Å². The predicted molar refractivity (Wildman–Crippen MR) is 194 cm³/mol. The van der Waals surface area contributed by atoms with E-state index >= 15 is 0 Å². The molecule has 2 saturated heterocycles. The van der Waals surface area contributed by atoms with Crippen molar-refractivity contribution in [3.63, 3.8) is 0 Å². The number of anilines is 1. The maximum atomic E-state index is 14.3. The number of carbonyl (C=O) groups excluding carboxylic acids is 2. The molecular formula is C39H47F4N7O5. The number of benzene rings is 1. The molecule has 1 aliphatic carbocycles. The number of carbonyl (C=O) groups is 2. The van der Waals surface area contributed by atoms with Crippen molar-refractivity contribution < 1.29 is 41.4 Å². The van der Waals surface area contributed by atoms with Gasteiger partial charge < -0.3 is 28.9 Å². The van der Waals surface area contributed by atoms with E-state index in [1.807, 2.05) is 31.7 Å². The monoisotopic (exact) mass is 769 g/mol. The highest BCUT2D eigenvalue weighted by Gasteiger charge is 2.54. The lowest BCUT2D eigenvalue weighted by Crippen LogP contribution is -2.65. The van der Waals surface area contributed by atoms with Crippen molar-refractivity contribution in [3.05, 3.63) is 65.6 Å². The summed E-state index contributed by atoms with van der Waals surface area (Å²) in [6.45, 7) is 12.3. The Bertz CT molecular complexity index is 1900. The van der Waals surface area contributed by atoms with Crippen LogP contribution in [-0.4, -0.2) is 111 Å². The third kappa shape index (κ3) is 8.73. The van der Waals surface area contributed by atoms with Crippen LogP contribution >= 0.6 is 0 Å². The van der Waals surface area contributed by atoms with Crippen LogP contribution < -0.4 is 14.4 Å². The van der Waals surface area contributed by atoms with Crippen LogP contribution in [0, 0.1) is 17.2 Å². The van der Waals surface area contributed by atoms with E-state index in [0.717, 1.165) is 68.0 Å². The normalized spacial score (nSPS) is 18.7. The number of hydrogen-bond donors (Lipinski definition) is 0. The van der Waals surface area contributed by atoms with Gasteiger partial charge in [-0.05, 0) is 71.7 Å². The fourth-order valence-electron chi connectivity index (χ4n) is 7.93. The molecule has 0 bridgehead atoms. The molecule has 1 aromatic carbocycles. The van der Waals surface area contributed by atoms with E-state index < -0.39 is 36.1 Å². The summed E-state index contributed by atoms with van der Waals surface area (Å²) in [5.74, 6) is 0.0278. The van der Waals surface area contributed by atoms with E-state index in [-0.39, 0.29) is 34.7 Å². The maximum Gasteiger partial charge on any atom is 0.410 e. The molecule has 0 N–H and O–H groups in total. The summed E-state index contributed by atoms with van der Waals surface area (Å²) in [4.78, 5) is 45.7. The van der Waals surface area contributed by atoms with Crippen LogP contribution in [0.4, 0.5) is 28.2 Å². The Balaban J connectivity index is 0.944.